The second-order valence-electron chi connectivity index (χ2n) is 3.36. The van der Waals surface area contributed by atoms with Crippen molar-refractivity contribution < 1.29 is 0 Å². The Morgan fingerprint density at radius 3 is 2.88 bits per heavy atom. The fraction of sp³-hybridized carbons (Fsp3) is 0.0909. The summed E-state index contributed by atoms with van der Waals surface area (Å²) in [6.45, 7) is 0. The molecule has 0 atom stereocenters. The maximum absolute atomic E-state index is 5.90. The average Bonchev–Trinajstić information content (AvgIpc) is 2.90. The summed E-state index contributed by atoms with van der Waals surface area (Å²) < 4.78 is 2.09. The molecule has 3 heterocycles. The van der Waals surface area contributed by atoms with Crippen molar-refractivity contribution in [3.63, 3.8) is 0 Å². The fourth-order valence-corrected chi connectivity index (χ4v) is 2.77. The zero-order valence-electron chi connectivity index (χ0n) is 8.30. The zero-order chi connectivity index (χ0) is 11.0. The Labute approximate surface area is 101 Å². The molecule has 0 saturated heterocycles. The molecule has 3 nitrogen and oxygen atoms in total. The van der Waals surface area contributed by atoms with E-state index in [1.54, 1.807) is 23.7 Å². The Morgan fingerprint density at radius 1 is 1.31 bits per heavy atom. The first-order valence-electron chi connectivity index (χ1n) is 4.80. The van der Waals surface area contributed by atoms with Crippen molar-refractivity contribution >= 4 is 27.9 Å². The lowest BCUT2D eigenvalue weighted by atomic mass is 10.2. The van der Waals surface area contributed by atoms with E-state index in [-0.39, 0.29) is 0 Å². The second-order valence-corrected chi connectivity index (χ2v) is 4.46. The summed E-state index contributed by atoms with van der Waals surface area (Å²) in [5.41, 5.74) is 3.27. The highest BCUT2D eigenvalue weighted by atomic mass is 35.5. The summed E-state index contributed by atoms with van der Waals surface area (Å²) in [4.78, 5) is 9.31. The number of alkyl halides is 1. The molecule has 0 saturated carbocycles. The van der Waals surface area contributed by atoms with Crippen molar-refractivity contribution in [1.82, 2.24) is 14.4 Å². The van der Waals surface area contributed by atoms with E-state index in [4.69, 9.17) is 11.6 Å². The quantitative estimate of drug-likeness (QED) is 0.653. The van der Waals surface area contributed by atoms with Gasteiger partial charge in [-0.15, -0.1) is 22.9 Å². The summed E-state index contributed by atoms with van der Waals surface area (Å²) in [5.74, 6) is 0.468. The Balaban J connectivity index is 2.28. The molecule has 3 aromatic heterocycles. The van der Waals surface area contributed by atoms with Gasteiger partial charge < -0.3 is 0 Å². The molecular formula is C11H8ClN3S. The van der Waals surface area contributed by atoms with E-state index in [2.05, 4.69) is 19.7 Å². The van der Waals surface area contributed by atoms with E-state index in [0.717, 1.165) is 21.9 Å². The topological polar surface area (TPSA) is 30.2 Å². The van der Waals surface area contributed by atoms with Crippen molar-refractivity contribution in [3.8, 4) is 11.3 Å². The van der Waals surface area contributed by atoms with Crippen molar-refractivity contribution in [2.24, 2.45) is 0 Å². The van der Waals surface area contributed by atoms with E-state index in [0.29, 0.717) is 5.88 Å². The smallest absolute Gasteiger partial charge is 0.194 e. The van der Waals surface area contributed by atoms with Crippen LogP contribution in [0.5, 0.6) is 0 Å². The lowest BCUT2D eigenvalue weighted by molar-refractivity contribution is 1.12. The number of hydrogen-bond acceptors (Lipinski definition) is 3. The molecule has 0 aliphatic carbocycles. The maximum atomic E-state index is 5.90. The predicted molar refractivity (Wildman–Crippen MR) is 65.9 cm³/mol. The van der Waals surface area contributed by atoms with E-state index in [9.17, 15) is 0 Å². The highest BCUT2D eigenvalue weighted by Gasteiger charge is 2.10. The van der Waals surface area contributed by atoms with Gasteiger partial charge in [-0.1, -0.05) is 0 Å². The first-order valence-corrected chi connectivity index (χ1v) is 6.22. The first kappa shape index (κ1) is 9.81. The van der Waals surface area contributed by atoms with E-state index < -0.39 is 0 Å². The lowest BCUT2D eigenvalue weighted by Gasteiger charge is -2.01. The molecule has 0 aromatic carbocycles. The predicted octanol–water partition coefficient (Wildman–Crippen LogP) is 3.20. The van der Waals surface area contributed by atoms with Crippen LogP contribution in [-0.4, -0.2) is 14.4 Å². The molecule has 0 spiro atoms. The van der Waals surface area contributed by atoms with Gasteiger partial charge >= 0.3 is 0 Å². The molecular weight excluding hydrogens is 242 g/mol. The van der Waals surface area contributed by atoms with Crippen molar-refractivity contribution in [2.75, 3.05) is 0 Å². The van der Waals surface area contributed by atoms with Gasteiger partial charge in [-0.05, 0) is 12.1 Å². The second kappa shape index (κ2) is 3.88. The monoisotopic (exact) mass is 249 g/mol. The molecule has 0 N–H and O–H groups in total. The first-order chi connectivity index (χ1) is 7.90. The number of imidazole rings is 1. The van der Waals surface area contributed by atoms with Gasteiger partial charge in [0.1, 0.15) is 0 Å². The largest absolute Gasteiger partial charge is 0.286 e. The van der Waals surface area contributed by atoms with Gasteiger partial charge in [-0.3, -0.25) is 9.38 Å². The molecule has 16 heavy (non-hydrogen) atoms. The number of aromatic nitrogens is 3. The van der Waals surface area contributed by atoms with Crippen LogP contribution in [-0.2, 0) is 5.88 Å². The van der Waals surface area contributed by atoms with E-state index >= 15 is 0 Å². The number of fused-ring (bicyclic) bond motifs is 1. The summed E-state index contributed by atoms with van der Waals surface area (Å²) in [5, 5.41) is 2.09. The Morgan fingerprint density at radius 2 is 2.12 bits per heavy atom. The van der Waals surface area contributed by atoms with Crippen LogP contribution < -0.4 is 0 Å². The molecule has 0 amide bonds. The maximum Gasteiger partial charge on any atom is 0.194 e. The number of thiazole rings is 1. The number of halogens is 1. The van der Waals surface area contributed by atoms with Gasteiger partial charge in [0.05, 0.1) is 23.5 Å². The third-order valence-corrected chi connectivity index (χ3v) is 3.55. The van der Waals surface area contributed by atoms with Crippen LogP contribution in [0.1, 0.15) is 5.69 Å². The third-order valence-electron chi connectivity index (χ3n) is 2.43. The van der Waals surface area contributed by atoms with Crippen molar-refractivity contribution in [3.05, 3.63) is 41.8 Å². The molecule has 3 aromatic rings. The van der Waals surface area contributed by atoms with Gasteiger partial charge in [-0.25, -0.2) is 4.98 Å². The van der Waals surface area contributed by atoms with Crippen LogP contribution in [0.3, 0.4) is 0 Å². The van der Waals surface area contributed by atoms with Gasteiger partial charge in [0, 0.05) is 23.3 Å². The third kappa shape index (κ3) is 1.42. The molecule has 80 valence electrons. The number of hydrogen-bond donors (Lipinski definition) is 0. The van der Waals surface area contributed by atoms with E-state index in [1.165, 1.54) is 0 Å². The minimum Gasteiger partial charge on any atom is -0.286 e. The van der Waals surface area contributed by atoms with Gasteiger partial charge in [0.25, 0.3) is 0 Å². The highest BCUT2D eigenvalue weighted by Crippen LogP contribution is 2.27. The molecule has 0 aliphatic heterocycles. The van der Waals surface area contributed by atoms with Crippen LogP contribution in [0.4, 0.5) is 0 Å². The SMILES string of the molecule is ClCc1cnc2scc(-c3ccncc3)n12. The summed E-state index contributed by atoms with van der Waals surface area (Å²) in [6, 6.07) is 3.97. The van der Waals surface area contributed by atoms with Gasteiger partial charge in [0.2, 0.25) is 0 Å². The van der Waals surface area contributed by atoms with E-state index in [1.807, 2.05) is 18.3 Å². The van der Waals surface area contributed by atoms with Crippen molar-refractivity contribution in [1.29, 1.82) is 0 Å². The lowest BCUT2D eigenvalue weighted by Crippen LogP contribution is -1.90. The standard InChI is InChI=1S/C11H8ClN3S/c12-5-9-6-14-11-15(9)10(7-16-11)8-1-3-13-4-2-8/h1-4,6-7H,5H2. The Hall–Kier alpha value is -1.39. The molecule has 0 radical (unpaired) electrons. The number of nitrogens with zero attached hydrogens (tertiary/aromatic N) is 3. The minimum atomic E-state index is 0.468. The summed E-state index contributed by atoms with van der Waals surface area (Å²) >= 11 is 7.51. The van der Waals surface area contributed by atoms with Crippen LogP contribution >= 0.6 is 22.9 Å². The molecule has 3 rings (SSSR count). The number of pyridine rings is 1. The Kier molecular flexibility index (Phi) is 2.38. The molecule has 0 unspecified atom stereocenters. The Bertz CT molecular complexity index is 614. The van der Waals surface area contributed by atoms with Crippen LogP contribution in [0.15, 0.2) is 36.1 Å². The average molecular weight is 250 g/mol. The van der Waals surface area contributed by atoms with Crippen LogP contribution in [0.25, 0.3) is 16.2 Å². The molecule has 5 heteroatoms. The molecule has 0 fully saturated rings. The minimum absolute atomic E-state index is 0.468. The number of rotatable bonds is 2. The normalized spacial score (nSPS) is 11.1. The molecule has 0 bridgehead atoms. The summed E-state index contributed by atoms with van der Waals surface area (Å²) in [6.07, 6.45) is 5.40. The van der Waals surface area contributed by atoms with Crippen molar-refractivity contribution in [2.45, 2.75) is 5.88 Å². The highest BCUT2D eigenvalue weighted by molar-refractivity contribution is 7.15. The van der Waals surface area contributed by atoms with Crippen LogP contribution in [0, 0.1) is 0 Å². The molecule has 0 aliphatic rings. The van der Waals surface area contributed by atoms with Gasteiger partial charge in [-0.2, -0.15) is 0 Å². The van der Waals surface area contributed by atoms with Crippen LogP contribution in [0.2, 0.25) is 0 Å². The fourth-order valence-electron chi connectivity index (χ4n) is 1.68. The zero-order valence-corrected chi connectivity index (χ0v) is 9.87. The van der Waals surface area contributed by atoms with Gasteiger partial charge in [0.15, 0.2) is 4.96 Å². The summed E-state index contributed by atoms with van der Waals surface area (Å²) in [7, 11) is 0.